The highest BCUT2D eigenvalue weighted by atomic mass is 16.5. The number of aromatic nitrogens is 2. The number of para-hydroxylation sites is 1. The number of methoxy groups -OCH3 is 1. The summed E-state index contributed by atoms with van der Waals surface area (Å²) in [6.07, 6.45) is 6.16. The molecule has 1 aliphatic carbocycles. The summed E-state index contributed by atoms with van der Waals surface area (Å²) in [4.78, 5) is 11.0. The summed E-state index contributed by atoms with van der Waals surface area (Å²) >= 11 is 0. The monoisotopic (exact) mass is 325 g/mol. The summed E-state index contributed by atoms with van der Waals surface area (Å²) in [6.45, 7) is 0.621. The van der Waals surface area contributed by atoms with Gasteiger partial charge in [0.05, 0.1) is 18.4 Å². The molecule has 1 aromatic carbocycles. The molecule has 7 nitrogen and oxygen atoms in total. The fourth-order valence-corrected chi connectivity index (χ4v) is 2.58. The summed E-state index contributed by atoms with van der Waals surface area (Å²) in [6, 6.07) is 5.81. The van der Waals surface area contributed by atoms with E-state index in [1.807, 2.05) is 42.4 Å². The fourth-order valence-electron chi connectivity index (χ4n) is 2.58. The number of nitrogens with one attached hydrogen (secondary N) is 1. The van der Waals surface area contributed by atoms with Gasteiger partial charge in [-0.1, -0.05) is 11.2 Å². The average Bonchev–Trinajstić information content (AvgIpc) is 3.34. The quantitative estimate of drug-likeness (QED) is 0.931. The molecule has 1 aromatic heterocycles. The molecule has 7 heteroatoms. The van der Waals surface area contributed by atoms with E-state index < -0.39 is 0 Å². The zero-order valence-corrected chi connectivity index (χ0v) is 13.7. The average molecular weight is 325 g/mol. The normalized spacial score (nSPS) is 16.9. The molecule has 0 atom stereocenters. The summed E-state index contributed by atoms with van der Waals surface area (Å²) in [7, 11) is 3.61. The van der Waals surface area contributed by atoms with Crippen LogP contribution in [-0.4, -0.2) is 41.7 Å². The van der Waals surface area contributed by atoms with Crippen molar-refractivity contribution in [2.75, 3.05) is 26.1 Å². The van der Waals surface area contributed by atoms with Crippen LogP contribution in [0.4, 0.5) is 5.69 Å². The molecule has 0 bridgehead atoms. The third kappa shape index (κ3) is 2.84. The van der Waals surface area contributed by atoms with E-state index in [0.717, 1.165) is 29.9 Å². The van der Waals surface area contributed by atoms with Crippen LogP contribution in [0, 0.1) is 0 Å². The van der Waals surface area contributed by atoms with E-state index in [4.69, 9.17) is 9.26 Å². The SMILES string of the molecule is COc1c(NC2=NCN(C)C=C2)cccc1-c1noc(C2CC2)n1. The van der Waals surface area contributed by atoms with Crippen LogP contribution in [0.5, 0.6) is 5.75 Å². The van der Waals surface area contributed by atoms with Gasteiger partial charge in [0.2, 0.25) is 11.7 Å². The van der Waals surface area contributed by atoms with Crippen molar-refractivity contribution in [1.82, 2.24) is 15.0 Å². The van der Waals surface area contributed by atoms with Crippen molar-refractivity contribution in [3.8, 4) is 17.1 Å². The molecule has 0 radical (unpaired) electrons. The zero-order valence-electron chi connectivity index (χ0n) is 13.7. The van der Waals surface area contributed by atoms with E-state index in [9.17, 15) is 0 Å². The van der Waals surface area contributed by atoms with Crippen molar-refractivity contribution < 1.29 is 9.26 Å². The van der Waals surface area contributed by atoms with E-state index >= 15 is 0 Å². The van der Waals surface area contributed by atoms with Crippen molar-refractivity contribution in [2.24, 2.45) is 4.99 Å². The number of benzene rings is 1. The number of aliphatic imine (C=N–C) groups is 1. The van der Waals surface area contributed by atoms with Crippen molar-refractivity contribution in [3.05, 3.63) is 36.4 Å². The van der Waals surface area contributed by atoms with Crippen molar-refractivity contribution in [3.63, 3.8) is 0 Å². The maximum Gasteiger partial charge on any atom is 0.230 e. The third-order valence-electron chi connectivity index (χ3n) is 4.04. The number of hydrogen-bond acceptors (Lipinski definition) is 7. The molecular weight excluding hydrogens is 306 g/mol. The number of ether oxygens (including phenoxy) is 1. The smallest absolute Gasteiger partial charge is 0.230 e. The van der Waals surface area contributed by atoms with E-state index in [0.29, 0.717) is 30.1 Å². The molecule has 1 N–H and O–H groups in total. The van der Waals surface area contributed by atoms with E-state index in [2.05, 4.69) is 20.4 Å². The lowest BCUT2D eigenvalue weighted by Gasteiger charge is -2.18. The van der Waals surface area contributed by atoms with Gasteiger partial charge >= 0.3 is 0 Å². The van der Waals surface area contributed by atoms with Gasteiger partial charge in [-0.25, -0.2) is 4.99 Å². The molecule has 124 valence electrons. The zero-order chi connectivity index (χ0) is 16.5. The van der Waals surface area contributed by atoms with Crippen LogP contribution in [0.25, 0.3) is 11.4 Å². The Balaban J connectivity index is 1.64. The fraction of sp³-hybridized carbons (Fsp3) is 0.353. The first kappa shape index (κ1) is 14.7. The summed E-state index contributed by atoms with van der Waals surface area (Å²) < 4.78 is 11.0. The Bertz CT molecular complexity index is 807. The van der Waals surface area contributed by atoms with Crippen LogP contribution in [0.3, 0.4) is 0 Å². The molecular formula is C17H19N5O2. The largest absolute Gasteiger partial charge is 0.494 e. The highest BCUT2D eigenvalue weighted by Gasteiger charge is 2.30. The summed E-state index contributed by atoms with van der Waals surface area (Å²) in [5.41, 5.74) is 1.62. The summed E-state index contributed by atoms with van der Waals surface area (Å²) in [5.74, 6) is 3.16. The van der Waals surface area contributed by atoms with Gasteiger partial charge in [-0.15, -0.1) is 0 Å². The Kier molecular flexibility index (Phi) is 3.68. The number of rotatable bonds is 4. The lowest BCUT2D eigenvalue weighted by atomic mass is 10.1. The van der Waals surface area contributed by atoms with Gasteiger partial charge in [0, 0.05) is 19.2 Å². The molecule has 2 aromatic rings. The van der Waals surface area contributed by atoms with Crippen LogP contribution >= 0.6 is 0 Å². The molecule has 1 saturated carbocycles. The highest BCUT2D eigenvalue weighted by Crippen LogP contribution is 2.41. The Morgan fingerprint density at radius 1 is 1.33 bits per heavy atom. The van der Waals surface area contributed by atoms with Gasteiger partial charge in [-0.05, 0) is 31.1 Å². The lowest BCUT2D eigenvalue weighted by Crippen LogP contribution is -2.21. The minimum Gasteiger partial charge on any atom is -0.494 e. The van der Waals surface area contributed by atoms with E-state index in [1.165, 1.54) is 0 Å². The molecule has 0 saturated heterocycles. The van der Waals surface area contributed by atoms with E-state index in [-0.39, 0.29) is 0 Å². The standard InChI is InChI=1S/C17H19N5O2/c1-22-9-8-14(18-10-22)19-13-5-3-4-12(15(13)23-2)16-20-17(24-21-16)11-6-7-11/h3-5,8-9,11H,6-7,10H2,1-2H3,(H,18,19). The second-order valence-electron chi connectivity index (χ2n) is 6.00. The van der Waals surface area contributed by atoms with Gasteiger partial charge in [-0.3, -0.25) is 0 Å². The predicted molar refractivity (Wildman–Crippen MR) is 91.1 cm³/mol. The molecule has 1 aliphatic heterocycles. The Morgan fingerprint density at radius 3 is 2.92 bits per heavy atom. The molecule has 2 aliphatic rings. The number of anilines is 1. The second kappa shape index (κ2) is 5.99. The molecule has 0 unspecified atom stereocenters. The maximum atomic E-state index is 5.61. The van der Waals surface area contributed by atoms with Gasteiger partial charge in [0.1, 0.15) is 12.5 Å². The van der Waals surface area contributed by atoms with Gasteiger partial charge in [0.25, 0.3) is 0 Å². The van der Waals surface area contributed by atoms with Gasteiger partial charge in [0.15, 0.2) is 5.75 Å². The first-order chi connectivity index (χ1) is 11.7. The van der Waals surface area contributed by atoms with Crippen LogP contribution < -0.4 is 10.1 Å². The van der Waals surface area contributed by atoms with Crippen molar-refractivity contribution in [2.45, 2.75) is 18.8 Å². The van der Waals surface area contributed by atoms with Crippen molar-refractivity contribution >= 4 is 11.5 Å². The Hall–Kier alpha value is -2.83. The molecule has 1 fully saturated rings. The molecule has 24 heavy (non-hydrogen) atoms. The third-order valence-corrected chi connectivity index (χ3v) is 4.04. The van der Waals surface area contributed by atoms with Crippen LogP contribution in [0.15, 0.2) is 40.0 Å². The van der Waals surface area contributed by atoms with Crippen LogP contribution in [-0.2, 0) is 0 Å². The number of amidine groups is 1. The maximum absolute atomic E-state index is 5.61. The summed E-state index contributed by atoms with van der Waals surface area (Å²) in [5, 5.41) is 7.41. The predicted octanol–water partition coefficient (Wildman–Crippen LogP) is 2.85. The van der Waals surface area contributed by atoms with E-state index in [1.54, 1.807) is 7.11 Å². The van der Waals surface area contributed by atoms with Crippen LogP contribution in [0.1, 0.15) is 24.7 Å². The number of nitrogens with zero attached hydrogens (tertiary/aromatic N) is 4. The Morgan fingerprint density at radius 2 is 2.21 bits per heavy atom. The molecule has 0 spiro atoms. The molecule has 4 rings (SSSR count). The minimum absolute atomic E-state index is 0.428. The van der Waals surface area contributed by atoms with Gasteiger partial charge in [-0.2, -0.15) is 4.98 Å². The topological polar surface area (TPSA) is 75.8 Å². The van der Waals surface area contributed by atoms with Crippen LogP contribution in [0.2, 0.25) is 0 Å². The second-order valence-corrected chi connectivity index (χ2v) is 6.00. The minimum atomic E-state index is 0.428. The Labute approximate surface area is 140 Å². The first-order valence-electron chi connectivity index (χ1n) is 7.95. The number of hydrogen-bond donors (Lipinski definition) is 1. The highest BCUT2D eigenvalue weighted by molar-refractivity contribution is 6.05. The van der Waals surface area contributed by atoms with Crippen molar-refractivity contribution in [1.29, 1.82) is 0 Å². The molecule has 0 amide bonds. The van der Waals surface area contributed by atoms with Gasteiger partial charge < -0.3 is 19.5 Å². The first-order valence-corrected chi connectivity index (χ1v) is 7.95. The molecule has 2 heterocycles. The lowest BCUT2D eigenvalue weighted by molar-refractivity contribution is 0.379.